The molecule has 3 aromatic rings. The van der Waals surface area contributed by atoms with E-state index in [4.69, 9.17) is 18.8 Å². The Morgan fingerprint density at radius 1 is 1.17 bits per heavy atom. The first-order chi connectivity index (χ1) is 24.4. The van der Waals surface area contributed by atoms with Crippen LogP contribution in [0.4, 0.5) is 4.39 Å². The molecule has 1 aliphatic heterocycles. The lowest BCUT2D eigenvalue weighted by atomic mass is 9.43. The number of aromatic amines is 1. The zero-order chi connectivity index (χ0) is 37.7. The predicted octanol–water partition coefficient (Wildman–Crippen LogP) is 5.35. The third-order valence-corrected chi connectivity index (χ3v) is 11.0. The average molecular weight is 718 g/mol. The van der Waals surface area contributed by atoms with Crippen molar-refractivity contribution in [2.75, 3.05) is 7.11 Å². The number of ether oxygens (including phenoxy) is 2. The Morgan fingerprint density at radius 3 is 2.58 bits per heavy atom. The molecule has 2 aromatic heterocycles. The highest BCUT2D eigenvalue weighted by atomic mass is 19.1. The van der Waals surface area contributed by atoms with E-state index < -0.39 is 70.5 Å². The Labute approximate surface area is 301 Å². The molecule has 0 spiro atoms. The van der Waals surface area contributed by atoms with Crippen LogP contribution in [-0.4, -0.2) is 64.3 Å². The van der Waals surface area contributed by atoms with E-state index in [9.17, 15) is 24.3 Å². The van der Waals surface area contributed by atoms with Gasteiger partial charge in [0, 0.05) is 36.8 Å². The normalized spacial score (nSPS) is 24.2. The predicted molar refractivity (Wildman–Crippen MR) is 188 cm³/mol. The fourth-order valence-corrected chi connectivity index (χ4v) is 8.26. The maximum atomic E-state index is 15.4. The van der Waals surface area contributed by atoms with Gasteiger partial charge >= 0.3 is 13.1 Å². The molecule has 276 valence electrons. The lowest BCUT2D eigenvalue weighted by Crippen LogP contribution is -2.65. The number of carbonyl (C=O) groups is 3. The largest absolute Gasteiger partial charge is 0.506 e. The summed E-state index contributed by atoms with van der Waals surface area (Å²) in [6.45, 7) is 11.8. The molecule has 4 aliphatic rings. The van der Waals surface area contributed by atoms with E-state index in [0.717, 1.165) is 31.2 Å². The van der Waals surface area contributed by atoms with Crippen LogP contribution < -0.4 is 15.5 Å². The third kappa shape index (κ3) is 6.98. The van der Waals surface area contributed by atoms with Crippen LogP contribution in [0.15, 0.2) is 53.7 Å². The van der Waals surface area contributed by atoms with E-state index in [1.807, 2.05) is 0 Å². The third-order valence-electron chi connectivity index (χ3n) is 11.0. The Kier molecular flexibility index (Phi) is 9.86. The van der Waals surface area contributed by atoms with E-state index in [2.05, 4.69) is 36.1 Å². The van der Waals surface area contributed by atoms with Gasteiger partial charge in [-0.1, -0.05) is 26.0 Å². The molecule has 14 heteroatoms. The standard InChI is InChI=1S/C38H45BFN3O9/c1-36(2,3)50-35(48)24-10-8-9-20(33(24)49-7)13-22(39-51-30-15-21-14-29(37(21,4)5)38(30,6)52-39)16-28(46)32(31-26(40)17-23(44)18-42-31)43-34(47)25-19-41-12-11-27(25)45/h8-12,17-19,21-22,29-30,32,44H,13-16H2,1-7H3,(H,41,45)(H,43,47)/t21-,22+,29-,30?,32?,38-/m0/s1. The number of para-hydroxylation sites is 1. The molecule has 52 heavy (non-hydrogen) atoms. The van der Waals surface area contributed by atoms with E-state index in [0.29, 0.717) is 11.5 Å². The van der Waals surface area contributed by atoms with Gasteiger partial charge in [-0.2, -0.15) is 0 Å². The number of nitrogens with one attached hydrogen (secondary N) is 2. The number of hydrogen-bond donors (Lipinski definition) is 3. The molecule has 0 radical (unpaired) electrons. The van der Waals surface area contributed by atoms with Gasteiger partial charge in [0.2, 0.25) is 0 Å². The van der Waals surface area contributed by atoms with E-state index in [-0.39, 0.29) is 47.2 Å². The molecule has 2 bridgehead atoms. The number of H-pyrrole nitrogens is 1. The lowest BCUT2D eigenvalue weighted by Gasteiger charge is -2.64. The van der Waals surface area contributed by atoms with Crippen LogP contribution >= 0.6 is 0 Å². The average Bonchev–Trinajstić information content (AvgIpc) is 3.43. The number of Topliss-reactive ketones (excluding diaryl/α,β-unsaturated/α-hetero) is 1. The van der Waals surface area contributed by atoms with Crippen LogP contribution in [0.3, 0.4) is 0 Å². The summed E-state index contributed by atoms with van der Waals surface area (Å²) in [7, 11) is 0.547. The van der Waals surface area contributed by atoms with Crippen molar-refractivity contribution >= 4 is 24.8 Å². The second kappa shape index (κ2) is 13.8. The van der Waals surface area contributed by atoms with Crippen LogP contribution in [0, 0.1) is 23.1 Å². The van der Waals surface area contributed by atoms with Crippen LogP contribution in [0.25, 0.3) is 0 Å². The van der Waals surface area contributed by atoms with Gasteiger partial charge in [0.15, 0.2) is 17.0 Å². The first-order valence-electron chi connectivity index (χ1n) is 17.5. The Hall–Kier alpha value is -4.56. The van der Waals surface area contributed by atoms with E-state index in [1.54, 1.807) is 39.0 Å². The van der Waals surface area contributed by atoms with Crippen molar-refractivity contribution in [3.05, 3.63) is 87.3 Å². The molecule has 3 N–H and O–H groups in total. The first-order valence-corrected chi connectivity index (χ1v) is 17.5. The molecular weight excluding hydrogens is 672 g/mol. The molecule has 6 atom stereocenters. The molecule has 7 rings (SSSR count). The minimum Gasteiger partial charge on any atom is -0.506 e. The quantitative estimate of drug-likeness (QED) is 0.174. The van der Waals surface area contributed by atoms with Crippen molar-refractivity contribution in [1.29, 1.82) is 0 Å². The van der Waals surface area contributed by atoms with Gasteiger partial charge in [-0.05, 0) is 75.8 Å². The minimum absolute atomic E-state index is 0.0481. The van der Waals surface area contributed by atoms with Crippen LogP contribution in [0.2, 0.25) is 5.82 Å². The molecule has 3 saturated carbocycles. The number of aromatic hydroxyl groups is 1. The van der Waals surface area contributed by atoms with Crippen LogP contribution in [0.5, 0.6) is 11.5 Å². The number of amides is 1. The molecule has 3 heterocycles. The van der Waals surface area contributed by atoms with E-state index >= 15 is 4.39 Å². The van der Waals surface area contributed by atoms with Gasteiger partial charge in [0.05, 0.1) is 25.0 Å². The second-order valence-corrected chi connectivity index (χ2v) is 15.9. The summed E-state index contributed by atoms with van der Waals surface area (Å²) in [5.74, 6) is -3.43. The number of pyridine rings is 2. The van der Waals surface area contributed by atoms with E-state index in [1.165, 1.54) is 19.5 Å². The number of carbonyl (C=O) groups excluding carboxylic acids is 3. The summed E-state index contributed by atoms with van der Waals surface area (Å²) in [4.78, 5) is 60.2. The Morgan fingerprint density at radius 2 is 1.92 bits per heavy atom. The topological polar surface area (TPSA) is 166 Å². The van der Waals surface area contributed by atoms with Gasteiger partial charge in [0.1, 0.15) is 40.0 Å². The number of hydrogen-bond acceptors (Lipinski definition) is 10. The molecule has 2 unspecified atom stereocenters. The Bertz CT molecular complexity index is 1940. The monoisotopic (exact) mass is 717 g/mol. The van der Waals surface area contributed by atoms with Crippen LogP contribution in [-0.2, 0) is 25.3 Å². The fourth-order valence-electron chi connectivity index (χ4n) is 8.26. The van der Waals surface area contributed by atoms with Crippen molar-refractivity contribution in [1.82, 2.24) is 15.3 Å². The number of rotatable bonds is 11. The summed E-state index contributed by atoms with van der Waals surface area (Å²) in [5, 5.41) is 12.4. The summed E-state index contributed by atoms with van der Waals surface area (Å²) in [6, 6.07) is 5.35. The smallest absolute Gasteiger partial charge is 0.461 e. The summed E-state index contributed by atoms with van der Waals surface area (Å²) in [5.41, 5.74) is -1.91. The summed E-state index contributed by atoms with van der Waals surface area (Å²) < 4.78 is 40.2. The van der Waals surface area contributed by atoms with Gasteiger partial charge in [0.25, 0.3) is 5.91 Å². The van der Waals surface area contributed by atoms with Crippen LogP contribution in [0.1, 0.15) is 98.8 Å². The number of esters is 1. The van der Waals surface area contributed by atoms with Gasteiger partial charge in [-0.25, -0.2) is 9.18 Å². The summed E-state index contributed by atoms with van der Waals surface area (Å²) >= 11 is 0. The first kappa shape index (κ1) is 37.2. The Balaban J connectivity index is 1.37. The molecule has 3 aliphatic carbocycles. The van der Waals surface area contributed by atoms with Crippen molar-refractivity contribution in [2.24, 2.45) is 17.3 Å². The number of aromatic nitrogens is 2. The SMILES string of the molecule is COc1c(C[C@H](CC(=O)C(NC(=O)c2c[nH]ccc2=O)c2ncc(O)cc2F)B2OC3C[C@@H]4C[C@@H](C4(C)C)[C@]3(C)O2)cccc1C(=O)OC(C)(C)C. The highest BCUT2D eigenvalue weighted by Gasteiger charge is 2.68. The molecule has 1 amide bonds. The minimum atomic E-state index is -1.66. The number of nitrogens with zero attached hydrogens (tertiary/aromatic N) is 1. The van der Waals surface area contributed by atoms with Crippen molar-refractivity contribution < 1.29 is 42.7 Å². The highest BCUT2D eigenvalue weighted by Crippen LogP contribution is 2.66. The number of methoxy groups -OCH3 is 1. The van der Waals surface area contributed by atoms with Gasteiger partial charge in [-0.15, -0.1) is 0 Å². The number of ketones is 1. The lowest BCUT2D eigenvalue weighted by molar-refractivity contribution is -0.199. The molecule has 1 saturated heterocycles. The van der Waals surface area contributed by atoms with Gasteiger partial charge < -0.3 is 34.2 Å². The van der Waals surface area contributed by atoms with Crippen molar-refractivity contribution in [3.63, 3.8) is 0 Å². The molecule has 4 fully saturated rings. The summed E-state index contributed by atoms with van der Waals surface area (Å²) in [6.07, 6.45) is 4.90. The van der Waals surface area contributed by atoms with Gasteiger partial charge in [-0.3, -0.25) is 19.4 Å². The molecular formula is C38H45BFN3O9. The number of halogens is 1. The maximum Gasteiger partial charge on any atom is 0.461 e. The second-order valence-electron chi connectivity index (χ2n) is 15.9. The van der Waals surface area contributed by atoms with Crippen molar-refractivity contribution in [2.45, 2.75) is 96.4 Å². The molecule has 12 nitrogen and oxygen atoms in total. The zero-order valence-corrected chi connectivity index (χ0v) is 30.4. The highest BCUT2D eigenvalue weighted by molar-refractivity contribution is 6.48. The number of benzene rings is 1. The maximum absolute atomic E-state index is 15.4. The molecule has 1 aromatic carbocycles. The fraction of sp³-hybridized carbons (Fsp3) is 0.500. The zero-order valence-electron chi connectivity index (χ0n) is 30.4. The van der Waals surface area contributed by atoms with Crippen molar-refractivity contribution in [3.8, 4) is 11.5 Å².